The summed E-state index contributed by atoms with van der Waals surface area (Å²) >= 11 is 13.7. The van der Waals surface area contributed by atoms with Crippen molar-refractivity contribution >= 4 is 56.6 Å². The summed E-state index contributed by atoms with van der Waals surface area (Å²) < 4.78 is 28.3. The number of carbonyl (C=O) groups is 1. The molecule has 2 N–H and O–H groups in total. The van der Waals surface area contributed by atoms with Crippen LogP contribution in [-0.4, -0.2) is 26.6 Å². The number of aryl methyl sites for hydroxylation is 1. The third-order valence-electron chi connectivity index (χ3n) is 4.59. The maximum absolute atomic E-state index is 12.9. The number of carbonyl (C=O) groups excluding carboxylic acids is 1. The van der Waals surface area contributed by atoms with E-state index in [1.54, 1.807) is 36.9 Å². The van der Waals surface area contributed by atoms with Crippen molar-refractivity contribution in [3.8, 4) is 0 Å². The van der Waals surface area contributed by atoms with Gasteiger partial charge in [-0.25, -0.2) is 8.42 Å². The zero-order valence-corrected chi connectivity index (χ0v) is 20.4. The molecule has 0 bridgehead atoms. The van der Waals surface area contributed by atoms with Crippen molar-refractivity contribution in [2.75, 3.05) is 17.0 Å². The summed E-state index contributed by atoms with van der Waals surface area (Å²) in [5, 5.41) is 3.55. The average molecular weight is 509 g/mol. The SMILES string of the molecule is Cc1ccccc1NS(=O)(=O)c1cc(C(=O)NCCSCc2ccc(Cl)cc2)ccc1Cl. The van der Waals surface area contributed by atoms with Crippen LogP contribution in [0.2, 0.25) is 10.0 Å². The molecule has 5 nitrogen and oxygen atoms in total. The van der Waals surface area contributed by atoms with Crippen molar-refractivity contribution in [3.05, 3.63) is 93.5 Å². The van der Waals surface area contributed by atoms with E-state index in [-0.39, 0.29) is 21.4 Å². The van der Waals surface area contributed by atoms with E-state index in [2.05, 4.69) is 10.0 Å². The number of sulfonamides is 1. The zero-order chi connectivity index (χ0) is 23.1. The van der Waals surface area contributed by atoms with Gasteiger partial charge in [-0.15, -0.1) is 0 Å². The van der Waals surface area contributed by atoms with Crippen LogP contribution in [0.3, 0.4) is 0 Å². The molecular formula is C23H22Cl2N2O3S2. The van der Waals surface area contributed by atoms with Crippen LogP contribution < -0.4 is 10.0 Å². The highest BCUT2D eigenvalue weighted by Gasteiger charge is 2.21. The smallest absolute Gasteiger partial charge is 0.263 e. The molecule has 0 unspecified atom stereocenters. The number of anilines is 1. The Morgan fingerprint density at radius 2 is 1.72 bits per heavy atom. The van der Waals surface area contributed by atoms with E-state index >= 15 is 0 Å². The van der Waals surface area contributed by atoms with E-state index < -0.39 is 10.0 Å². The van der Waals surface area contributed by atoms with Gasteiger partial charge in [0.25, 0.3) is 15.9 Å². The van der Waals surface area contributed by atoms with Gasteiger partial charge in [-0.1, -0.05) is 53.5 Å². The molecule has 3 aromatic rings. The summed E-state index contributed by atoms with van der Waals surface area (Å²) in [6.07, 6.45) is 0. The quantitative estimate of drug-likeness (QED) is 0.360. The molecule has 9 heteroatoms. The molecule has 0 aromatic heterocycles. The minimum absolute atomic E-state index is 0.0427. The Hall–Kier alpha value is -2.19. The summed E-state index contributed by atoms with van der Waals surface area (Å²) in [5.41, 5.74) is 2.61. The van der Waals surface area contributed by atoms with Crippen LogP contribution in [0.15, 0.2) is 71.6 Å². The number of hydrogen-bond donors (Lipinski definition) is 2. The first-order chi connectivity index (χ1) is 15.3. The van der Waals surface area contributed by atoms with E-state index in [1.165, 1.54) is 18.2 Å². The first-order valence-corrected chi connectivity index (χ1v) is 13.1. The fourth-order valence-corrected chi connectivity index (χ4v) is 5.45. The van der Waals surface area contributed by atoms with Gasteiger partial charge in [0.2, 0.25) is 0 Å². The van der Waals surface area contributed by atoms with E-state index in [9.17, 15) is 13.2 Å². The summed E-state index contributed by atoms with van der Waals surface area (Å²) in [6.45, 7) is 2.25. The Morgan fingerprint density at radius 3 is 2.44 bits per heavy atom. The van der Waals surface area contributed by atoms with Crippen LogP contribution >= 0.6 is 35.0 Å². The molecule has 0 atom stereocenters. The first-order valence-electron chi connectivity index (χ1n) is 9.74. The third kappa shape index (κ3) is 6.65. The molecule has 168 valence electrons. The number of halogens is 2. The van der Waals surface area contributed by atoms with Crippen molar-refractivity contribution in [1.29, 1.82) is 0 Å². The fraction of sp³-hybridized carbons (Fsp3) is 0.174. The third-order valence-corrected chi connectivity index (χ3v) is 7.72. The number of benzene rings is 3. The van der Waals surface area contributed by atoms with Crippen LogP contribution in [0.4, 0.5) is 5.69 Å². The number of hydrogen-bond acceptors (Lipinski definition) is 4. The van der Waals surface area contributed by atoms with Crippen LogP contribution in [0, 0.1) is 6.92 Å². The molecule has 0 aliphatic carbocycles. The average Bonchev–Trinajstić information content (AvgIpc) is 2.76. The highest BCUT2D eigenvalue weighted by Crippen LogP contribution is 2.26. The number of rotatable bonds is 9. The fourth-order valence-electron chi connectivity index (χ4n) is 2.85. The molecular weight excluding hydrogens is 487 g/mol. The highest BCUT2D eigenvalue weighted by atomic mass is 35.5. The Bertz CT molecular complexity index is 1200. The Kier molecular flexibility index (Phi) is 8.48. The van der Waals surface area contributed by atoms with Gasteiger partial charge in [0.05, 0.1) is 10.7 Å². The predicted octanol–water partition coefficient (Wildman–Crippen LogP) is 5.77. The van der Waals surface area contributed by atoms with E-state index in [4.69, 9.17) is 23.2 Å². The minimum atomic E-state index is -3.96. The van der Waals surface area contributed by atoms with E-state index in [0.29, 0.717) is 23.0 Å². The number of amides is 1. The van der Waals surface area contributed by atoms with Gasteiger partial charge in [0.1, 0.15) is 4.90 Å². The van der Waals surface area contributed by atoms with Crippen molar-refractivity contribution in [3.63, 3.8) is 0 Å². The Balaban J connectivity index is 1.59. The molecule has 3 aromatic carbocycles. The number of para-hydroxylation sites is 1. The largest absolute Gasteiger partial charge is 0.351 e. The lowest BCUT2D eigenvalue weighted by molar-refractivity contribution is 0.0956. The number of nitrogens with one attached hydrogen (secondary N) is 2. The minimum Gasteiger partial charge on any atom is -0.351 e. The molecule has 1 amide bonds. The Labute approximate surface area is 202 Å². The zero-order valence-electron chi connectivity index (χ0n) is 17.3. The van der Waals surface area contributed by atoms with E-state index in [1.807, 2.05) is 30.3 Å². The number of thioether (sulfide) groups is 1. The van der Waals surface area contributed by atoms with Crippen LogP contribution in [0.1, 0.15) is 21.5 Å². The first kappa shape index (κ1) is 24.5. The van der Waals surface area contributed by atoms with Gasteiger partial charge < -0.3 is 5.32 Å². The normalized spacial score (nSPS) is 11.2. The van der Waals surface area contributed by atoms with Gasteiger partial charge in [0.15, 0.2) is 0 Å². The summed E-state index contributed by atoms with van der Waals surface area (Å²) in [4.78, 5) is 12.4. The topological polar surface area (TPSA) is 75.3 Å². The molecule has 32 heavy (non-hydrogen) atoms. The molecule has 0 spiro atoms. The molecule has 0 aliphatic heterocycles. The summed E-state index contributed by atoms with van der Waals surface area (Å²) in [6, 6.07) is 18.9. The summed E-state index contributed by atoms with van der Waals surface area (Å²) in [7, 11) is -3.96. The van der Waals surface area contributed by atoms with Gasteiger partial charge >= 0.3 is 0 Å². The molecule has 3 rings (SSSR count). The molecule has 0 radical (unpaired) electrons. The lowest BCUT2D eigenvalue weighted by atomic mass is 10.2. The molecule has 0 saturated carbocycles. The monoisotopic (exact) mass is 508 g/mol. The molecule has 0 aliphatic rings. The second-order valence-corrected chi connectivity index (χ2v) is 10.6. The van der Waals surface area contributed by atoms with Crippen molar-refractivity contribution < 1.29 is 13.2 Å². The predicted molar refractivity (Wildman–Crippen MR) is 133 cm³/mol. The lowest BCUT2D eigenvalue weighted by Crippen LogP contribution is -2.26. The van der Waals surface area contributed by atoms with Gasteiger partial charge in [-0.05, 0) is 54.4 Å². The summed E-state index contributed by atoms with van der Waals surface area (Å²) in [5.74, 6) is 1.16. The van der Waals surface area contributed by atoms with Crippen molar-refractivity contribution in [2.24, 2.45) is 0 Å². The van der Waals surface area contributed by atoms with Crippen LogP contribution in [-0.2, 0) is 15.8 Å². The second-order valence-electron chi connectivity index (χ2n) is 7.00. The maximum atomic E-state index is 12.9. The van der Waals surface area contributed by atoms with Crippen LogP contribution in [0.5, 0.6) is 0 Å². The van der Waals surface area contributed by atoms with Gasteiger partial charge in [-0.2, -0.15) is 11.8 Å². The van der Waals surface area contributed by atoms with Gasteiger partial charge in [-0.3, -0.25) is 9.52 Å². The standard InChI is InChI=1S/C23H22Cl2N2O3S2/c1-16-4-2-3-5-21(16)27-32(29,30)22-14-18(8-11-20(22)25)23(28)26-12-13-31-15-17-6-9-19(24)10-7-17/h2-11,14,27H,12-13,15H2,1H3,(H,26,28). The van der Waals surface area contributed by atoms with Crippen LogP contribution in [0.25, 0.3) is 0 Å². The molecule has 0 fully saturated rings. The lowest BCUT2D eigenvalue weighted by Gasteiger charge is -2.13. The van der Waals surface area contributed by atoms with Gasteiger partial charge in [0, 0.05) is 28.6 Å². The molecule has 0 heterocycles. The molecule has 0 saturated heterocycles. The van der Waals surface area contributed by atoms with Crippen molar-refractivity contribution in [1.82, 2.24) is 5.32 Å². The Morgan fingerprint density at radius 1 is 1.00 bits per heavy atom. The van der Waals surface area contributed by atoms with Crippen molar-refractivity contribution in [2.45, 2.75) is 17.6 Å². The van der Waals surface area contributed by atoms with E-state index in [0.717, 1.165) is 16.9 Å². The highest BCUT2D eigenvalue weighted by molar-refractivity contribution is 7.98. The maximum Gasteiger partial charge on any atom is 0.263 e. The second kappa shape index (κ2) is 11.1.